The van der Waals surface area contributed by atoms with Crippen LogP contribution < -0.4 is 0 Å². The van der Waals surface area contributed by atoms with E-state index in [0.29, 0.717) is 5.91 Å². The Morgan fingerprint density at radius 3 is 2.04 bits per heavy atom. The molecule has 0 saturated carbocycles. The van der Waals surface area contributed by atoms with E-state index in [1.165, 1.54) is 60.8 Å². The van der Waals surface area contributed by atoms with Crippen molar-refractivity contribution in [2.24, 2.45) is 5.92 Å². The van der Waals surface area contributed by atoms with E-state index in [4.69, 9.17) is 0 Å². The summed E-state index contributed by atoms with van der Waals surface area (Å²) in [4.78, 5) is 15.4. The zero-order valence-electron chi connectivity index (χ0n) is 17.2. The average molecular weight is 376 g/mol. The smallest absolute Gasteiger partial charge is 0.226 e. The topological polar surface area (TPSA) is 20.3 Å². The molecule has 1 atom stereocenters. The molecule has 2 aromatic carbocycles. The molecule has 1 fully saturated rings. The lowest BCUT2D eigenvalue weighted by atomic mass is 9.83. The predicted octanol–water partition coefficient (Wildman–Crippen LogP) is 6.40. The van der Waals surface area contributed by atoms with Crippen molar-refractivity contribution in [3.8, 4) is 11.1 Å². The van der Waals surface area contributed by atoms with E-state index in [-0.39, 0.29) is 11.8 Å². The summed E-state index contributed by atoms with van der Waals surface area (Å²) in [6.07, 6.45) is 10.1. The molecule has 1 amide bonds. The van der Waals surface area contributed by atoms with Gasteiger partial charge in [0, 0.05) is 19.0 Å². The Balaban J connectivity index is 1.39. The second kappa shape index (κ2) is 8.94. The Kier molecular flexibility index (Phi) is 6.14. The molecule has 2 nitrogen and oxygen atoms in total. The van der Waals surface area contributed by atoms with E-state index in [1.54, 1.807) is 0 Å². The van der Waals surface area contributed by atoms with E-state index in [0.717, 1.165) is 25.9 Å². The minimum Gasteiger partial charge on any atom is -0.342 e. The molecule has 2 aliphatic rings. The average Bonchev–Trinajstić information content (AvgIpc) is 3.25. The van der Waals surface area contributed by atoms with E-state index in [1.807, 2.05) is 0 Å². The summed E-state index contributed by atoms with van der Waals surface area (Å²) in [5, 5.41) is 0. The van der Waals surface area contributed by atoms with Crippen molar-refractivity contribution in [3.63, 3.8) is 0 Å². The number of hydrogen-bond acceptors (Lipinski definition) is 1. The highest BCUT2D eigenvalue weighted by Gasteiger charge is 2.42. The lowest BCUT2D eigenvalue weighted by molar-refractivity contribution is -0.131. The van der Waals surface area contributed by atoms with Crippen molar-refractivity contribution < 1.29 is 4.79 Å². The summed E-state index contributed by atoms with van der Waals surface area (Å²) in [6, 6.07) is 17.3. The lowest BCUT2D eigenvalue weighted by Crippen LogP contribution is -2.30. The van der Waals surface area contributed by atoms with Gasteiger partial charge in [-0.3, -0.25) is 4.79 Å². The first kappa shape index (κ1) is 19.2. The fraction of sp³-hybridized carbons (Fsp3) is 0.500. The van der Waals surface area contributed by atoms with Crippen LogP contribution in [0.5, 0.6) is 0 Å². The molecule has 0 radical (unpaired) electrons. The van der Waals surface area contributed by atoms with Gasteiger partial charge in [0.1, 0.15) is 0 Å². The van der Waals surface area contributed by atoms with Crippen molar-refractivity contribution in [3.05, 3.63) is 59.7 Å². The molecule has 148 valence electrons. The van der Waals surface area contributed by atoms with Crippen LogP contribution >= 0.6 is 0 Å². The number of carbonyl (C=O) groups is 1. The Morgan fingerprint density at radius 2 is 1.39 bits per heavy atom. The molecule has 1 aliphatic heterocycles. The van der Waals surface area contributed by atoms with Crippen LogP contribution in [0.15, 0.2) is 48.5 Å². The van der Waals surface area contributed by atoms with Crippen LogP contribution in [0.1, 0.15) is 75.3 Å². The highest BCUT2D eigenvalue weighted by molar-refractivity contribution is 5.87. The van der Waals surface area contributed by atoms with Gasteiger partial charge < -0.3 is 4.90 Å². The fourth-order valence-corrected chi connectivity index (χ4v) is 5.18. The van der Waals surface area contributed by atoms with Crippen molar-refractivity contribution in [2.75, 3.05) is 13.1 Å². The normalized spacial score (nSPS) is 18.5. The minimum absolute atomic E-state index is 0.106. The third-order valence-electron chi connectivity index (χ3n) is 6.65. The molecule has 0 bridgehead atoms. The first-order valence-corrected chi connectivity index (χ1v) is 11.3. The molecule has 2 aromatic rings. The molecule has 4 rings (SSSR count). The van der Waals surface area contributed by atoms with Crippen LogP contribution in [0.25, 0.3) is 11.1 Å². The van der Waals surface area contributed by atoms with Crippen molar-refractivity contribution in [1.29, 1.82) is 0 Å². The molecular formula is C26H33NO. The van der Waals surface area contributed by atoms with Crippen LogP contribution in [0.4, 0.5) is 0 Å². The predicted molar refractivity (Wildman–Crippen MR) is 116 cm³/mol. The van der Waals surface area contributed by atoms with Gasteiger partial charge >= 0.3 is 0 Å². The number of likely N-dealkylation sites (tertiary alicyclic amines) is 1. The summed E-state index contributed by atoms with van der Waals surface area (Å²) in [6.45, 7) is 4.13. The largest absolute Gasteiger partial charge is 0.342 e. The molecule has 2 heteroatoms. The number of nitrogens with zero attached hydrogens (tertiary/aromatic N) is 1. The lowest BCUT2D eigenvalue weighted by Gasteiger charge is -2.21. The van der Waals surface area contributed by atoms with Crippen LogP contribution in [-0.4, -0.2) is 23.9 Å². The third kappa shape index (κ3) is 3.74. The quantitative estimate of drug-likeness (QED) is 0.465. The highest BCUT2D eigenvalue weighted by Crippen LogP contribution is 2.50. The maximum atomic E-state index is 13.2. The van der Waals surface area contributed by atoms with Crippen molar-refractivity contribution >= 4 is 5.91 Å². The second-order valence-corrected chi connectivity index (χ2v) is 8.49. The Morgan fingerprint density at radius 1 is 0.821 bits per heavy atom. The Bertz CT molecular complexity index is 766. The SMILES string of the molecule is CCCCCCCCCN1CCC(C2c3ccccc3-c3ccccc32)C1=O. The first-order valence-electron chi connectivity index (χ1n) is 11.3. The molecule has 28 heavy (non-hydrogen) atoms. The van der Waals surface area contributed by atoms with E-state index >= 15 is 0 Å². The Labute approximate surface area is 170 Å². The number of carbonyl (C=O) groups excluding carboxylic acids is 1. The van der Waals surface area contributed by atoms with Gasteiger partial charge in [-0.25, -0.2) is 0 Å². The second-order valence-electron chi connectivity index (χ2n) is 8.49. The molecule has 0 N–H and O–H groups in total. The zero-order chi connectivity index (χ0) is 19.3. The fourth-order valence-electron chi connectivity index (χ4n) is 5.18. The third-order valence-corrected chi connectivity index (χ3v) is 6.65. The van der Waals surface area contributed by atoms with Crippen LogP contribution in [0, 0.1) is 5.92 Å². The minimum atomic E-state index is 0.106. The molecular weight excluding hydrogens is 342 g/mol. The number of amides is 1. The van der Waals surface area contributed by atoms with E-state index in [9.17, 15) is 4.79 Å². The standard InChI is InChI=1S/C26H33NO/c1-2-3-4-5-6-7-12-18-27-19-17-24(26(27)28)25-22-15-10-8-13-20(22)21-14-9-11-16-23(21)25/h8-11,13-16,24-25H,2-7,12,17-19H2,1H3. The number of unbranched alkanes of at least 4 members (excludes halogenated alkanes) is 6. The molecule has 1 aliphatic carbocycles. The van der Waals surface area contributed by atoms with Crippen LogP contribution in [-0.2, 0) is 4.79 Å². The van der Waals surface area contributed by atoms with Gasteiger partial charge in [0.2, 0.25) is 5.91 Å². The molecule has 1 saturated heterocycles. The molecule has 1 heterocycles. The van der Waals surface area contributed by atoms with Gasteiger partial charge in [0.05, 0.1) is 5.92 Å². The number of rotatable bonds is 9. The van der Waals surface area contributed by atoms with Crippen molar-refractivity contribution in [2.45, 2.75) is 64.2 Å². The Hall–Kier alpha value is -2.09. The summed E-state index contributed by atoms with van der Waals surface area (Å²) in [5.74, 6) is 0.718. The summed E-state index contributed by atoms with van der Waals surface area (Å²) in [7, 11) is 0. The van der Waals surface area contributed by atoms with Crippen LogP contribution in [0.3, 0.4) is 0 Å². The highest BCUT2D eigenvalue weighted by atomic mass is 16.2. The monoisotopic (exact) mass is 375 g/mol. The van der Waals surface area contributed by atoms with E-state index < -0.39 is 0 Å². The van der Waals surface area contributed by atoms with E-state index in [2.05, 4.69) is 60.4 Å². The first-order chi connectivity index (χ1) is 13.8. The van der Waals surface area contributed by atoms with Crippen molar-refractivity contribution in [1.82, 2.24) is 4.90 Å². The molecule has 1 unspecified atom stereocenters. The zero-order valence-corrected chi connectivity index (χ0v) is 17.2. The van der Waals surface area contributed by atoms with Crippen LogP contribution in [0.2, 0.25) is 0 Å². The summed E-state index contributed by atoms with van der Waals surface area (Å²) in [5.41, 5.74) is 5.34. The van der Waals surface area contributed by atoms with Gasteiger partial charge in [0.25, 0.3) is 0 Å². The van der Waals surface area contributed by atoms with Gasteiger partial charge in [-0.1, -0.05) is 94.0 Å². The van der Waals surface area contributed by atoms with Gasteiger partial charge in [0.15, 0.2) is 0 Å². The summed E-state index contributed by atoms with van der Waals surface area (Å²) < 4.78 is 0. The van der Waals surface area contributed by atoms with Gasteiger partial charge in [-0.15, -0.1) is 0 Å². The number of benzene rings is 2. The molecule has 0 aromatic heterocycles. The maximum Gasteiger partial charge on any atom is 0.226 e. The van der Waals surface area contributed by atoms with Gasteiger partial charge in [-0.05, 0) is 35.1 Å². The maximum absolute atomic E-state index is 13.2. The number of fused-ring (bicyclic) bond motifs is 3. The van der Waals surface area contributed by atoms with Gasteiger partial charge in [-0.2, -0.15) is 0 Å². The summed E-state index contributed by atoms with van der Waals surface area (Å²) >= 11 is 0. The molecule has 0 spiro atoms. The number of hydrogen-bond donors (Lipinski definition) is 0.